The molecule has 102 valence electrons. The molecule has 0 fully saturated rings. The second kappa shape index (κ2) is 4.69. The second-order valence-electron chi connectivity index (χ2n) is 4.20. The molecule has 1 aromatic carbocycles. The van der Waals surface area contributed by atoms with Crippen molar-refractivity contribution in [3.05, 3.63) is 41.9 Å². The average molecular weight is 273 g/mol. The maximum atomic E-state index is 10.9. The highest BCUT2D eigenvalue weighted by molar-refractivity contribution is 5.92. The van der Waals surface area contributed by atoms with Crippen LogP contribution in [-0.2, 0) is 0 Å². The number of aromatic nitrogens is 2. The minimum absolute atomic E-state index is 0.0926. The standard InChI is InChI=1S/C13H11N3O4/c14-11-7(13(17)18)5-15-12(16-11)10-6-19-8-3-1-2-4-9(8)20-10/h1-5,10H,6H2,(H,17,18)(H2,14,15,16). The Labute approximate surface area is 114 Å². The van der Waals surface area contributed by atoms with E-state index in [1.807, 2.05) is 12.1 Å². The zero-order valence-electron chi connectivity index (χ0n) is 10.3. The number of carbonyl (C=O) groups is 1. The Balaban J connectivity index is 1.88. The lowest BCUT2D eigenvalue weighted by molar-refractivity contribution is 0.0695. The molecule has 2 aromatic rings. The molecule has 1 atom stereocenters. The van der Waals surface area contributed by atoms with Crippen molar-refractivity contribution in [2.45, 2.75) is 6.10 Å². The zero-order chi connectivity index (χ0) is 14.1. The molecular weight excluding hydrogens is 262 g/mol. The number of nitrogens with two attached hydrogens (primary N) is 1. The number of hydrogen-bond acceptors (Lipinski definition) is 6. The Hall–Kier alpha value is -2.83. The number of benzene rings is 1. The van der Waals surface area contributed by atoms with Gasteiger partial charge in [-0.2, -0.15) is 0 Å². The van der Waals surface area contributed by atoms with Gasteiger partial charge in [0.1, 0.15) is 18.0 Å². The summed E-state index contributed by atoms with van der Waals surface area (Å²) < 4.78 is 11.3. The Morgan fingerprint density at radius 3 is 2.80 bits per heavy atom. The average Bonchev–Trinajstić information content (AvgIpc) is 2.46. The van der Waals surface area contributed by atoms with Crippen LogP contribution in [0.25, 0.3) is 0 Å². The number of para-hydroxylation sites is 2. The summed E-state index contributed by atoms with van der Waals surface area (Å²) in [5.41, 5.74) is 5.46. The molecule has 1 aliphatic rings. The Morgan fingerprint density at radius 2 is 2.10 bits per heavy atom. The van der Waals surface area contributed by atoms with Crippen LogP contribution in [0.1, 0.15) is 22.3 Å². The molecular formula is C13H11N3O4. The molecule has 1 unspecified atom stereocenters. The molecule has 2 heterocycles. The molecule has 0 radical (unpaired) electrons. The predicted molar refractivity (Wildman–Crippen MR) is 68.7 cm³/mol. The van der Waals surface area contributed by atoms with Gasteiger partial charge >= 0.3 is 5.97 Å². The fourth-order valence-electron chi connectivity index (χ4n) is 1.88. The molecule has 0 aliphatic carbocycles. The number of fused-ring (bicyclic) bond motifs is 1. The summed E-state index contributed by atoms with van der Waals surface area (Å²) in [6, 6.07) is 7.25. The third kappa shape index (κ3) is 2.09. The number of carboxylic acids is 1. The number of carboxylic acid groups (broad SMARTS) is 1. The number of rotatable bonds is 2. The van der Waals surface area contributed by atoms with E-state index >= 15 is 0 Å². The van der Waals surface area contributed by atoms with Gasteiger partial charge < -0.3 is 20.3 Å². The van der Waals surface area contributed by atoms with E-state index in [0.29, 0.717) is 17.3 Å². The van der Waals surface area contributed by atoms with Gasteiger partial charge in [-0.25, -0.2) is 14.8 Å². The fraction of sp³-hybridized carbons (Fsp3) is 0.154. The Bertz CT molecular complexity index is 674. The van der Waals surface area contributed by atoms with Crippen molar-refractivity contribution in [3.8, 4) is 11.5 Å². The molecule has 0 saturated heterocycles. The molecule has 0 amide bonds. The minimum Gasteiger partial charge on any atom is -0.485 e. The van der Waals surface area contributed by atoms with E-state index in [1.54, 1.807) is 12.1 Å². The maximum absolute atomic E-state index is 10.9. The van der Waals surface area contributed by atoms with E-state index in [4.69, 9.17) is 20.3 Å². The Kier molecular flexibility index (Phi) is 2.86. The van der Waals surface area contributed by atoms with Crippen LogP contribution in [0, 0.1) is 0 Å². The molecule has 7 nitrogen and oxygen atoms in total. The van der Waals surface area contributed by atoms with Crippen LogP contribution in [0.5, 0.6) is 11.5 Å². The van der Waals surface area contributed by atoms with Gasteiger partial charge in [-0.1, -0.05) is 12.1 Å². The summed E-state index contributed by atoms with van der Waals surface area (Å²) in [5.74, 6) is 0.277. The van der Waals surface area contributed by atoms with Crippen LogP contribution in [0.4, 0.5) is 5.82 Å². The maximum Gasteiger partial charge on any atom is 0.341 e. The number of anilines is 1. The van der Waals surface area contributed by atoms with Gasteiger partial charge in [0.25, 0.3) is 0 Å². The highest BCUT2D eigenvalue weighted by Gasteiger charge is 2.25. The van der Waals surface area contributed by atoms with Crippen molar-refractivity contribution < 1.29 is 19.4 Å². The molecule has 0 saturated carbocycles. The van der Waals surface area contributed by atoms with Crippen molar-refractivity contribution in [3.63, 3.8) is 0 Å². The summed E-state index contributed by atoms with van der Waals surface area (Å²) in [6.45, 7) is 0.239. The van der Waals surface area contributed by atoms with Crippen molar-refractivity contribution in [2.24, 2.45) is 0 Å². The number of aromatic carboxylic acids is 1. The highest BCUT2D eigenvalue weighted by Crippen LogP contribution is 2.35. The molecule has 3 N–H and O–H groups in total. The predicted octanol–water partition coefficient (Wildman–Crippen LogP) is 1.27. The van der Waals surface area contributed by atoms with Crippen LogP contribution in [0.2, 0.25) is 0 Å². The minimum atomic E-state index is -1.17. The summed E-state index contributed by atoms with van der Waals surface area (Å²) in [5, 5.41) is 8.88. The largest absolute Gasteiger partial charge is 0.485 e. The van der Waals surface area contributed by atoms with Gasteiger partial charge in [0.2, 0.25) is 0 Å². The van der Waals surface area contributed by atoms with E-state index in [9.17, 15) is 4.79 Å². The van der Waals surface area contributed by atoms with E-state index in [-0.39, 0.29) is 18.0 Å². The zero-order valence-corrected chi connectivity index (χ0v) is 10.3. The molecule has 7 heteroatoms. The molecule has 1 aliphatic heterocycles. The van der Waals surface area contributed by atoms with E-state index < -0.39 is 12.1 Å². The summed E-state index contributed by atoms with van der Waals surface area (Å²) in [6.07, 6.45) is 0.652. The van der Waals surface area contributed by atoms with Crippen molar-refractivity contribution in [2.75, 3.05) is 12.3 Å². The second-order valence-corrected chi connectivity index (χ2v) is 4.20. The molecule has 0 spiro atoms. The lowest BCUT2D eigenvalue weighted by Crippen LogP contribution is -2.24. The number of ether oxygens (including phenoxy) is 2. The third-order valence-electron chi connectivity index (χ3n) is 2.86. The first-order valence-electron chi connectivity index (χ1n) is 5.89. The summed E-state index contributed by atoms with van der Waals surface area (Å²) in [7, 11) is 0. The van der Waals surface area contributed by atoms with Gasteiger partial charge in [0, 0.05) is 6.20 Å². The van der Waals surface area contributed by atoms with Crippen LogP contribution in [0.15, 0.2) is 30.5 Å². The highest BCUT2D eigenvalue weighted by atomic mass is 16.6. The number of hydrogen-bond donors (Lipinski definition) is 2. The van der Waals surface area contributed by atoms with E-state index in [0.717, 1.165) is 0 Å². The van der Waals surface area contributed by atoms with Gasteiger partial charge in [-0.3, -0.25) is 0 Å². The third-order valence-corrected chi connectivity index (χ3v) is 2.86. The first-order chi connectivity index (χ1) is 9.65. The molecule has 3 rings (SSSR count). The van der Waals surface area contributed by atoms with Crippen molar-refractivity contribution in [1.29, 1.82) is 0 Å². The first-order valence-corrected chi connectivity index (χ1v) is 5.89. The van der Waals surface area contributed by atoms with Crippen LogP contribution in [0.3, 0.4) is 0 Å². The van der Waals surface area contributed by atoms with Crippen LogP contribution in [-0.4, -0.2) is 27.7 Å². The summed E-state index contributed by atoms with van der Waals surface area (Å²) >= 11 is 0. The molecule has 1 aromatic heterocycles. The van der Waals surface area contributed by atoms with E-state index in [2.05, 4.69) is 9.97 Å². The van der Waals surface area contributed by atoms with Crippen molar-refractivity contribution in [1.82, 2.24) is 9.97 Å². The van der Waals surface area contributed by atoms with Crippen molar-refractivity contribution >= 4 is 11.8 Å². The van der Waals surface area contributed by atoms with Gasteiger partial charge in [0.15, 0.2) is 23.4 Å². The lowest BCUT2D eigenvalue weighted by Gasteiger charge is -2.25. The van der Waals surface area contributed by atoms with Gasteiger partial charge in [-0.15, -0.1) is 0 Å². The SMILES string of the molecule is Nc1nc(C2COc3ccccc3O2)ncc1C(=O)O. The number of nitrogen functional groups attached to an aromatic ring is 1. The van der Waals surface area contributed by atoms with Crippen LogP contribution < -0.4 is 15.2 Å². The Morgan fingerprint density at radius 1 is 1.35 bits per heavy atom. The normalized spacial score (nSPS) is 16.7. The van der Waals surface area contributed by atoms with Gasteiger partial charge in [0.05, 0.1) is 0 Å². The first kappa shape index (κ1) is 12.2. The smallest absolute Gasteiger partial charge is 0.341 e. The lowest BCUT2D eigenvalue weighted by atomic mass is 10.2. The topological polar surface area (TPSA) is 108 Å². The van der Waals surface area contributed by atoms with Crippen LogP contribution >= 0.6 is 0 Å². The molecule has 20 heavy (non-hydrogen) atoms. The fourth-order valence-corrected chi connectivity index (χ4v) is 1.88. The van der Waals surface area contributed by atoms with Gasteiger partial charge in [-0.05, 0) is 12.1 Å². The van der Waals surface area contributed by atoms with E-state index in [1.165, 1.54) is 6.20 Å². The molecule has 0 bridgehead atoms. The summed E-state index contributed by atoms with van der Waals surface area (Å²) in [4.78, 5) is 18.8. The monoisotopic (exact) mass is 273 g/mol. The quantitative estimate of drug-likeness (QED) is 0.848. The number of nitrogens with zero attached hydrogens (tertiary/aromatic N) is 2.